The van der Waals surface area contributed by atoms with Crippen molar-refractivity contribution in [2.45, 2.75) is 39.4 Å². The molecule has 0 aromatic heterocycles. The first kappa shape index (κ1) is 11.9. The number of aliphatic hydroxyl groups is 1. The van der Waals surface area contributed by atoms with Crippen molar-refractivity contribution in [3.8, 4) is 0 Å². The van der Waals surface area contributed by atoms with Gasteiger partial charge in [0.1, 0.15) is 0 Å². The van der Waals surface area contributed by atoms with Crippen LogP contribution in [-0.4, -0.2) is 37.1 Å². The Morgan fingerprint density at radius 3 is 2.42 bits per heavy atom. The molecule has 0 amide bonds. The van der Waals surface area contributed by atoms with Gasteiger partial charge >= 0.3 is 0 Å². The molecule has 0 aliphatic carbocycles. The van der Waals surface area contributed by atoms with Crippen LogP contribution in [0.5, 0.6) is 0 Å². The maximum absolute atomic E-state index is 9.10. The molecule has 0 rings (SSSR count). The van der Waals surface area contributed by atoms with Gasteiger partial charge in [0.15, 0.2) is 0 Å². The van der Waals surface area contributed by atoms with Crippen molar-refractivity contribution >= 4 is 0 Å². The summed E-state index contributed by atoms with van der Waals surface area (Å²) in [4.78, 5) is 0. The number of aliphatic hydroxyl groups excluding tert-OH is 1. The van der Waals surface area contributed by atoms with Crippen LogP contribution >= 0.6 is 0 Å². The fourth-order valence-corrected chi connectivity index (χ4v) is 0.680. The molecule has 3 heteroatoms. The molecule has 0 aliphatic rings. The van der Waals surface area contributed by atoms with Crippen LogP contribution in [0.1, 0.15) is 27.2 Å². The maximum atomic E-state index is 9.10. The Morgan fingerprint density at radius 2 is 1.92 bits per heavy atom. The first-order valence-electron chi connectivity index (χ1n) is 4.54. The Bertz CT molecular complexity index is 93.8. The van der Waals surface area contributed by atoms with E-state index in [2.05, 4.69) is 0 Å². The summed E-state index contributed by atoms with van der Waals surface area (Å²) < 4.78 is 10.4. The third kappa shape index (κ3) is 7.98. The van der Waals surface area contributed by atoms with Gasteiger partial charge in [0, 0.05) is 0 Å². The molecule has 3 nitrogen and oxygen atoms in total. The lowest BCUT2D eigenvalue weighted by Gasteiger charge is -2.10. The zero-order valence-electron chi connectivity index (χ0n) is 8.25. The number of hydrogen-bond donors (Lipinski definition) is 1. The van der Waals surface area contributed by atoms with Crippen LogP contribution < -0.4 is 0 Å². The van der Waals surface area contributed by atoms with Crippen molar-refractivity contribution in [3.63, 3.8) is 0 Å². The first-order valence-corrected chi connectivity index (χ1v) is 4.54. The second kappa shape index (κ2) is 7.53. The molecule has 0 aromatic carbocycles. The molecule has 0 saturated carbocycles. The van der Waals surface area contributed by atoms with Crippen molar-refractivity contribution in [3.05, 3.63) is 0 Å². The average Bonchev–Trinajstić information content (AvgIpc) is 2.03. The third-order valence-corrected chi connectivity index (χ3v) is 1.46. The molecule has 1 atom stereocenters. The largest absolute Gasteiger partial charge is 0.391 e. The predicted octanol–water partition coefficient (Wildman–Crippen LogP) is 1.20. The number of hydrogen-bond acceptors (Lipinski definition) is 3. The second-order valence-electron chi connectivity index (χ2n) is 3.06. The van der Waals surface area contributed by atoms with Crippen LogP contribution in [0, 0.1) is 0 Å². The second-order valence-corrected chi connectivity index (χ2v) is 3.06. The smallest absolute Gasteiger partial charge is 0.0771 e. The summed E-state index contributed by atoms with van der Waals surface area (Å²) in [5, 5.41) is 9.10. The van der Waals surface area contributed by atoms with Crippen LogP contribution in [0.25, 0.3) is 0 Å². The Hall–Kier alpha value is -0.120. The molecule has 1 N–H and O–H groups in total. The standard InChI is InChI=1S/C9H20O3/c1-4-9(10)7-11-5-6-12-8(2)3/h8-10H,4-7H2,1-3H3. The van der Waals surface area contributed by atoms with Gasteiger partial charge in [-0.2, -0.15) is 0 Å². The van der Waals surface area contributed by atoms with Gasteiger partial charge in [-0.1, -0.05) is 6.92 Å². The zero-order valence-corrected chi connectivity index (χ0v) is 8.25. The molecule has 0 aliphatic heterocycles. The minimum atomic E-state index is -0.330. The molecule has 0 bridgehead atoms. The van der Waals surface area contributed by atoms with Crippen molar-refractivity contribution in [1.29, 1.82) is 0 Å². The topological polar surface area (TPSA) is 38.7 Å². The first-order chi connectivity index (χ1) is 5.66. The Balaban J connectivity index is 3.00. The summed E-state index contributed by atoms with van der Waals surface area (Å²) in [6.07, 6.45) is 0.666. The monoisotopic (exact) mass is 176 g/mol. The molecule has 0 radical (unpaired) electrons. The van der Waals surface area contributed by atoms with Crippen LogP contribution in [0.4, 0.5) is 0 Å². The van der Waals surface area contributed by atoms with Crippen LogP contribution in [0.15, 0.2) is 0 Å². The normalized spacial score (nSPS) is 13.8. The van der Waals surface area contributed by atoms with Gasteiger partial charge in [-0.05, 0) is 20.3 Å². The lowest BCUT2D eigenvalue weighted by atomic mass is 10.3. The molecule has 0 aromatic rings. The van der Waals surface area contributed by atoms with E-state index in [9.17, 15) is 0 Å². The summed E-state index contributed by atoms with van der Waals surface area (Å²) in [7, 11) is 0. The summed E-state index contributed by atoms with van der Waals surface area (Å²) in [6, 6.07) is 0. The minimum Gasteiger partial charge on any atom is -0.391 e. The predicted molar refractivity (Wildman–Crippen MR) is 48.2 cm³/mol. The van der Waals surface area contributed by atoms with Gasteiger partial charge in [0.2, 0.25) is 0 Å². The van der Waals surface area contributed by atoms with E-state index in [0.717, 1.165) is 6.42 Å². The molecule has 0 fully saturated rings. The van der Waals surface area contributed by atoms with E-state index < -0.39 is 0 Å². The molecular formula is C9H20O3. The quantitative estimate of drug-likeness (QED) is 0.592. The Morgan fingerprint density at radius 1 is 1.25 bits per heavy atom. The van der Waals surface area contributed by atoms with E-state index in [0.29, 0.717) is 19.8 Å². The fourth-order valence-electron chi connectivity index (χ4n) is 0.680. The van der Waals surface area contributed by atoms with E-state index in [1.54, 1.807) is 0 Å². The SMILES string of the molecule is CCC(O)COCCOC(C)C. The van der Waals surface area contributed by atoms with Gasteiger partial charge in [0.25, 0.3) is 0 Å². The highest BCUT2D eigenvalue weighted by Gasteiger charge is 1.99. The van der Waals surface area contributed by atoms with Crippen molar-refractivity contribution in [2.24, 2.45) is 0 Å². The van der Waals surface area contributed by atoms with Crippen molar-refractivity contribution in [2.75, 3.05) is 19.8 Å². The highest BCUT2D eigenvalue weighted by atomic mass is 16.5. The lowest BCUT2D eigenvalue weighted by Crippen LogP contribution is -2.17. The minimum absolute atomic E-state index is 0.254. The number of rotatable bonds is 7. The van der Waals surface area contributed by atoms with Gasteiger partial charge in [-0.25, -0.2) is 0 Å². The maximum Gasteiger partial charge on any atom is 0.0771 e. The lowest BCUT2D eigenvalue weighted by molar-refractivity contribution is -0.0110. The Kier molecular flexibility index (Phi) is 7.45. The molecular weight excluding hydrogens is 156 g/mol. The molecule has 0 saturated heterocycles. The van der Waals surface area contributed by atoms with Crippen LogP contribution in [-0.2, 0) is 9.47 Å². The van der Waals surface area contributed by atoms with Crippen LogP contribution in [0.2, 0.25) is 0 Å². The third-order valence-electron chi connectivity index (χ3n) is 1.46. The molecule has 1 unspecified atom stereocenters. The average molecular weight is 176 g/mol. The van der Waals surface area contributed by atoms with E-state index in [-0.39, 0.29) is 12.2 Å². The van der Waals surface area contributed by atoms with E-state index in [1.165, 1.54) is 0 Å². The highest BCUT2D eigenvalue weighted by molar-refractivity contribution is 4.48. The van der Waals surface area contributed by atoms with E-state index in [4.69, 9.17) is 14.6 Å². The van der Waals surface area contributed by atoms with E-state index in [1.807, 2.05) is 20.8 Å². The van der Waals surface area contributed by atoms with Gasteiger partial charge in [-0.3, -0.25) is 0 Å². The molecule has 74 valence electrons. The molecule has 0 spiro atoms. The van der Waals surface area contributed by atoms with Gasteiger partial charge < -0.3 is 14.6 Å². The summed E-state index contributed by atoms with van der Waals surface area (Å²) in [6.45, 7) is 7.49. The van der Waals surface area contributed by atoms with Crippen molar-refractivity contribution < 1.29 is 14.6 Å². The van der Waals surface area contributed by atoms with E-state index >= 15 is 0 Å². The molecule has 12 heavy (non-hydrogen) atoms. The van der Waals surface area contributed by atoms with Crippen LogP contribution in [0.3, 0.4) is 0 Å². The zero-order chi connectivity index (χ0) is 9.40. The Labute approximate surface area is 74.7 Å². The molecule has 0 heterocycles. The summed E-state index contributed by atoms with van der Waals surface area (Å²) in [5.74, 6) is 0. The van der Waals surface area contributed by atoms with Gasteiger partial charge in [0.05, 0.1) is 32.0 Å². The number of ether oxygens (including phenoxy) is 2. The van der Waals surface area contributed by atoms with Crippen molar-refractivity contribution in [1.82, 2.24) is 0 Å². The fraction of sp³-hybridized carbons (Fsp3) is 1.00. The van der Waals surface area contributed by atoms with Gasteiger partial charge in [-0.15, -0.1) is 0 Å². The summed E-state index contributed by atoms with van der Waals surface area (Å²) >= 11 is 0. The highest BCUT2D eigenvalue weighted by Crippen LogP contribution is 1.92. The summed E-state index contributed by atoms with van der Waals surface area (Å²) in [5.41, 5.74) is 0.